The Labute approximate surface area is 116 Å². The number of rotatable bonds is 2. The maximum absolute atomic E-state index is 11.9. The molecule has 0 aliphatic carbocycles. The molecule has 1 aromatic carbocycles. The Hall–Kier alpha value is -1.46. The lowest BCUT2D eigenvalue weighted by atomic mass is 10.3. The van der Waals surface area contributed by atoms with Crippen LogP contribution >= 0.6 is 27.3 Å². The van der Waals surface area contributed by atoms with Gasteiger partial charge in [-0.05, 0) is 40.2 Å². The molecule has 0 spiro atoms. The van der Waals surface area contributed by atoms with Crippen LogP contribution in [0.5, 0.6) is 0 Å². The third-order valence-corrected chi connectivity index (χ3v) is 4.24. The molecule has 18 heavy (non-hydrogen) atoms. The molecular weight excluding hydrogens is 312 g/mol. The van der Waals surface area contributed by atoms with E-state index in [1.807, 2.05) is 30.3 Å². The molecule has 2 aromatic heterocycles. The SMILES string of the molecule is O=c1c(Br)cccn1Cc1nc2ccccc2s1. The Morgan fingerprint density at radius 2 is 2.06 bits per heavy atom. The highest BCUT2D eigenvalue weighted by Crippen LogP contribution is 2.21. The summed E-state index contributed by atoms with van der Waals surface area (Å²) in [5.41, 5.74) is 0.956. The van der Waals surface area contributed by atoms with Crippen molar-refractivity contribution < 1.29 is 0 Å². The van der Waals surface area contributed by atoms with E-state index in [2.05, 4.69) is 20.9 Å². The number of halogens is 1. The van der Waals surface area contributed by atoms with Crippen LogP contribution in [0.1, 0.15) is 5.01 Å². The van der Waals surface area contributed by atoms with Crippen molar-refractivity contribution in [2.75, 3.05) is 0 Å². The van der Waals surface area contributed by atoms with E-state index in [0.717, 1.165) is 15.2 Å². The first kappa shape index (κ1) is 11.6. The van der Waals surface area contributed by atoms with Crippen LogP contribution in [0.15, 0.2) is 51.9 Å². The van der Waals surface area contributed by atoms with Gasteiger partial charge in [-0.2, -0.15) is 0 Å². The highest BCUT2D eigenvalue weighted by atomic mass is 79.9. The van der Waals surface area contributed by atoms with Gasteiger partial charge >= 0.3 is 0 Å². The molecule has 0 aliphatic rings. The van der Waals surface area contributed by atoms with Crippen LogP contribution in [-0.2, 0) is 6.54 Å². The molecule has 0 atom stereocenters. The lowest BCUT2D eigenvalue weighted by Crippen LogP contribution is -2.19. The predicted molar refractivity (Wildman–Crippen MR) is 77.1 cm³/mol. The Morgan fingerprint density at radius 3 is 2.89 bits per heavy atom. The number of fused-ring (bicyclic) bond motifs is 1. The summed E-state index contributed by atoms with van der Waals surface area (Å²) in [6, 6.07) is 11.6. The fourth-order valence-electron chi connectivity index (χ4n) is 1.77. The van der Waals surface area contributed by atoms with Gasteiger partial charge in [-0.15, -0.1) is 11.3 Å². The number of aromatic nitrogens is 2. The fraction of sp³-hybridized carbons (Fsp3) is 0.0769. The van der Waals surface area contributed by atoms with Crippen LogP contribution in [0.25, 0.3) is 10.2 Å². The molecule has 5 heteroatoms. The summed E-state index contributed by atoms with van der Waals surface area (Å²) in [7, 11) is 0. The first-order valence-electron chi connectivity index (χ1n) is 5.43. The Morgan fingerprint density at radius 1 is 1.22 bits per heavy atom. The lowest BCUT2D eigenvalue weighted by molar-refractivity contribution is 0.751. The maximum atomic E-state index is 11.9. The predicted octanol–water partition coefficient (Wildman–Crippen LogP) is 3.27. The summed E-state index contributed by atoms with van der Waals surface area (Å²) in [5, 5.41) is 0.941. The standard InChI is InChI=1S/C13H9BrN2OS/c14-9-4-3-7-16(13(9)17)8-12-15-10-5-1-2-6-11(10)18-12/h1-7H,8H2. The minimum Gasteiger partial charge on any atom is -0.308 e. The summed E-state index contributed by atoms with van der Waals surface area (Å²) in [6.07, 6.45) is 1.78. The first-order valence-corrected chi connectivity index (χ1v) is 7.04. The average molecular weight is 321 g/mol. The van der Waals surface area contributed by atoms with E-state index in [9.17, 15) is 4.79 Å². The molecule has 90 valence electrons. The summed E-state index contributed by atoms with van der Waals surface area (Å²) in [5.74, 6) is 0. The van der Waals surface area contributed by atoms with Gasteiger partial charge in [0.1, 0.15) is 5.01 Å². The number of thiazole rings is 1. The third kappa shape index (κ3) is 2.11. The summed E-state index contributed by atoms with van der Waals surface area (Å²) in [4.78, 5) is 16.4. The van der Waals surface area contributed by atoms with Crippen LogP contribution in [-0.4, -0.2) is 9.55 Å². The number of para-hydroxylation sites is 1. The second kappa shape index (κ2) is 4.66. The van der Waals surface area contributed by atoms with Gasteiger partial charge in [-0.1, -0.05) is 12.1 Å². The largest absolute Gasteiger partial charge is 0.308 e. The molecule has 3 nitrogen and oxygen atoms in total. The van der Waals surface area contributed by atoms with Crippen molar-refractivity contribution in [3.8, 4) is 0 Å². The molecule has 3 rings (SSSR count). The Kier molecular flexibility index (Phi) is 3.01. The molecule has 0 saturated heterocycles. The second-order valence-corrected chi connectivity index (χ2v) is 5.83. The monoisotopic (exact) mass is 320 g/mol. The van der Waals surface area contributed by atoms with Crippen LogP contribution in [0.4, 0.5) is 0 Å². The molecule has 3 aromatic rings. The van der Waals surface area contributed by atoms with Gasteiger partial charge in [-0.25, -0.2) is 4.98 Å². The van der Waals surface area contributed by atoms with Gasteiger partial charge in [0.15, 0.2) is 0 Å². The highest BCUT2D eigenvalue weighted by molar-refractivity contribution is 9.10. The molecular formula is C13H9BrN2OS. The van der Waals surface area contributed by atoms with Gasteiger partial charge in [0.05, 0.1) is 21.2 Å². The van der Waals surface area contributed by atoms with Crippen LogP contribution in [0.3, 0.4) is 0 Å². The fourth-order valence-corrected chi connectivity index (χ4v) is 3.11. The lowest BCUT2D eigenvalue weighted by Gasteiger charge is -2.02. The average Bonchev–Trinajstić information content (AvgIpc) is 2.77. The number of pyridine rings is 1. The van der Waals surface area contributed by atoms with Gasteiger partial charge in [0.25, 0.3) is 5.56 Å². The van der Waals surface area contributed by atoms with Crippen molar-refractivity contribution in [3.63, 3.8) is 0 Å². The number of hydrogen-bond donors (Lipinski definition) is 0. The molecule has 0 aliphatic heterocycles. The van der Waals surface area contributed by atoms with E-state index in [-0.39, 0.29) is 5.56 Å². The summed E-state index contributed by atoms with van der Waals surface area (Å²) < 4.78 is 3.38. The zero-order valence-electron chi connectivity index (χ0n) is 9.34. The van der Waals surface area contributed by atoms with Crippen molar-refractivity contribution >= 4 is 37.5 Å². The van der Waals surface area contributed by atoms with Crippen LogP contribution in [0, 0.1) is 0 Å². The third-order valence-electron chi connectivity index (χ3n) is 2.62. The number of nitrogens with zero attached hydrogens (tertiary/aromatic N) is 2. The zero-order chi connectivity index (χ0) is 12.5. The molecule has 0 radical (unpaired) electrons. The van der Waals surface area contributed by atoms with Gasteiger partial charge < -0.3 is 4.57 Å². The molecule has 2 heterocycles. The molecule has 0 fully saturated rings. The minimum absolute atomic E-state index is 0.0308. The van der Waals surface area contributed by atoms with Crippen molar-refractivity contribution in [2.45, 2.75) is 6.54 Å². The van der Waals surface area contributed by atoms with Gasteiger partial charge in [0, 0.05) is 6.20 Å². The first-order chi connectivity index (χ1) is 8.74. The molecule has 0 N–H and O–H groups in total. The van der Waals surface area contributed by atoms with E-state index in [0.29, 0.717) is 11.0 Å². The van der Waals surface area contributed by atoms with Crippen molar-refractivity contribution in [1.29, 1.82) is 0 Å². The smallest absolute Gasteiger partial charge is 0.265 e. The Balaban J connectivity index is 2.01. The van der Waals surface area contributed by atoms with Crippen molar-refractivity contribution in [2.24, 2.45) is 0 Å². The molecule has 0 unspecified atom stereocenters. The molecule has 0 bridgehead atoms. The zero-order valence-corrected chi connectivity index (χ0v) is 11.7. The van der Waals surface area contributed by atoms with Crippen molar-refractivity contribution in [3.05, 3.63) is 62.4 Å². The summed E-state index contributed by atoms with van der Waals surface area (Å²) in [6.45, 7) is 0.512. The van der Waals surface area contributed by atoms with Crippen LogP contribution < -0.4 is 5.56 Å². The quantitative estimate of drug-likeness (QED) is 0.726. The van der Waals surface area contributed by atoms with E-state index in [4.69, 9.17) is 0 Å². The summed E-state index contributed by atoms with van der Waals surface area (Å²) >= 11 is 4.86. The number of benzene rings is 1. The van der Waals surface area contributed by atoms with E-state index < -0.39 is 0 Å². The van der Waals surface area contributed by atoms with Gasteiger partial charge in [0.2, 0.25) is 0 Å². The minimum atomic E-state index is -0.0308. The van der Waals surface area contributed by atoms with E-state index >= 15 is 0 Å². The van der Waals surface area contributed by atoms with Gasteiger partial charge in [-0.3, -0.25) is 4.79 Å². The van der Waals surface area contributed by atoms with Crippen LogP contribution in [0.2, 0.25) is 0 Å². The second-order valence-electron chi connectivity index (χ2n) is 3.86. The number of hydrogen-bond acceptors (Lipinski definition) is 3. The normalized spacial score (nSPS) is 10.9. The maximum Gasteiger partial charge on any atom is 0.265 e. The van der Waals surface area contributed by atoms with E-state index in [1.165, 1.54) is 0 Å². The molecule has 0 saturated carbocycles. The highest BCUT2D eigenvalue weighted by Gasteiger charge is 2.06. The van der Waals surface area contributed by atoms with Crippen molar-refractivity contribution in [1.82, 2.24) is 9.55 Å². The molecule has 0 amide bonds. The topological polar surface area (TPSA) is 34.9 Å². The van der Waals surface area contributed by atoms with E-state index in [1.54, 1.807) is 28.2 Å². The Bertz CT molecular complexity index is 730.